The number of amides is 1. The van der Waals surface area contributed by atoms with Gasteiger partial charge in [-0.15, -0.1) is 0 Å². The summed E-state index contributed by atoms with van der Waals surface area (Å²) in [6, 6.07) is 2.98. The van der Waals surface area contributed by atoms with Crippen LogP contribution in [0.4, 0.5) is 18.2 Å². The number of nitrogens with two attached hydrogens (primary N) is 3. The largest absolute Gasteiger partial charge is 0.403 e. The summed E-state index contributed by atoms with van der Waals surface area (Å²) in [5.74, 6) is -2.17. The number of aromatic nitrogens is 1. The van der Waals surface area contributed by atoms with Crippen LogP contribution in [-0.4, -0.2) is 54.0 Å². The molecule has 0 unspecified atom stereocenters. The molecule has 0 aliphatic carbocycles. The molecule has 12 heteroatoms. The monoisotopic (exact) mass is 453 g/mol. The van der Waals surface area contributed by atoms with E-state index in [9.17, 15) is 18.0 Å². The van der Waals surface area contributed by atoms with Gasteiger partial charge >= 0.3 is 0 Å². The summed E-state index contributed by atoms with van der Waals surface area (Å²) < 4.78 is 42.1. The number of nitrogens with zero attached hydrogens (tertiary/aromatic N) is 3. The first kappa shape index (κ1) is 22.6. The number of carbonyl (C=O) groups excluding carboxylic acids is 1. The number of amidine groups is 1. The smallest absolute Gasteiger partial charge is 0.277 e. The number of likely N-dealkylation sites (tertiary alicyclic amines) is 1. The Morgan fingerprint density at radius 3 is 2.61 bits per heavy atom. The van der Waals surface area contributed by atoms with Crippen LogP contribution in [0, 0.1) is 11.6 Å². The number of hydrogen-bond acceptors (Lipinski definition) is 7. The van der Waals surface area contributed by atoms with Gasteiger partial charge in [-0.3, -0.25) is 9.79 Å². The Hall–Kier alpha value is -3.12. The first-order chi connectivity index (χ1) is 14.7. The molecule has 0 bridgehead atoms. The predicted octanol–water partition coefficient (Wildman–Crippen LogP) is 1.60. The van der Waals surface area contributed by atoms with Crippen LogP contribution in [0.25, 0.3) is 10.6 Å². The van der Waals surface area contributed by atoms with Gasteiger partial charge in [0.15, 0.2) is 5.69 Å². The van der Waals surface area contributed by atoms with Crippen molar-refractivity contribution in [1.29, 1.82) is 0 Å². The second kappa shape index (κ2) is 9.35. The molecule has 7 N–H and O–H groups in total. The topological polar surface area (TPSA) is 136 Å². The highest BCUT2D eigenvalue weighted by Gasteiger charge is 2.29. The number of nitrogen functional groups attached to an aromatic ring is 1. The Kier molecular flexibility index (Phi) is 6.81. The van der Waals surface area contributed by atoms with Gasteiger partial charge in [-0.2, -0.15) is 0 Å². The number of rotatable bonds is 4. The zero-order valence-corrected chi connectivity index (χ0v) is 17.4. The lowest BCUT2D eigenvalue weighted by Gasteiger charge is -2.35. The van der Waals surface area contributed by atoms with Gasteiger partial charge in [0.1, 0.15) is 33.7 Å². The number of hydrogen-bond donors (Lipinski definition) is 4. The lowest BCUT2D eigenvalue weighted by Crippen LogP contribution is -2.52. The maximum atomic E-state index is 14.1. The number of halogens is 3. The van der Waals surface area contributed by atoms with E-state index in [1.807, 2.05) is 0 Å². The van der Waals surface area contributed by atoms with Gasteiger partial charge in [0, 0.05) is 25.8 Å². The van der Waals surface area contributed by atoms with Crippen molar-refractivity contribution in [3.05, 3.63) is 47.4 Å². The lowest BCUT2D eigenvalue weighted by molar-refractivity contribution is 0.0963. The fraction of sp³-hybridized carbons (Fsp3) is 0.316. The lowest BCUT2D eigenvalue weighted by atomic mass is 10.0. The Balaban J connectivity index is 1.84. The molecular formula is C19H22F3N7OS. The number of alkyl halides is 1. The minimum Gasteiger partial charge on any atom is -0.403 e. The molecule has 1 aliphatic heterocycles. The fourth-order valence-electron chi connectivity index (χ4n) is 3.34. The minimum absolute atomic E-state index is 0.0367. The second-order valence-electron chi connectivity index (χ2n) is 6.91. The normalized spacial score (nSPS) is 20.1. The SMILES string of the molecule is CN=C(/C(=C\N)NC(=O)c1nc(-c2c(F)cccc2F)sc1N)N1C[C@@H](N)C[C@H](F)C1. The van der Waals surface area contributed by atoms with Crippen molar-refractivity contribution in [2.45, 2.75) is 18.6 Å². The third-order valence-corrected chi connectivity index (χ3v) is 5.55. The van der Waals surface area contributed by atoms with Crippen LogP contribution in [0.3, 0.4) is 0 Å². The molecule has 0 spiro atoms. The second-order valence-corrected chi connectivity index (χ2v) is 7.94. The van der Waals surface area contributed by atoms with E-state index in [-0.39, 0.29) is 45.8 Å². The molecule has 1 fully saturated rings. The average Bonchev–Trinajstić information content (AvgIpc) is 3.08. The highest BCUT2D eigenvalue weighted by molar-refractivity contribution is 7.19. The van der Waals surface area contributed by atoms with Crippen LogP contribution in [0.15, 0.2) is 35.1 Å². The van der Waals surface area contributed by atoms with Crippen molar-refractivity contribution >= 4 is 28.1 Å². The zero-order chi connectivity index (χ0) is 22.7. The van der Waals surface area contributed by atoms with E-state index in [2.05, 4.69) is 15.3 Å². The van der Waals surface area contributed by atoms with Crippen LogP contribution in [0.1, 0.15) is 16.9 Å². The summed E-state index contributed by atoms with van der Waals surface area (Å²) >= 11 is 0.770. The molecule has 1 aromatic carbocycles. The number of anilines is 1. The molecular weight excluding hydrogens is 431 g/mol. The third-order valence-electron chi connectivity index (χ3n) is 4.64. The maximum Gasteiger partial charge on any atom is 0.277 e. The van der Waals surface area contributed by atoms with E-state index in [1.54, 1.807) is 4.90 Å². The number of benzene rings is 1. The Morgan fingerprint density at radius 2 is 2.03 bits per heavy atom. The Bertz CT molecular complexity index is 1010. The van der Waals surface area contributed by atoms with E-state index in [0.29, 0.717) is 6.54 Å². The Labute approximate surface area is 180 Å². The van der Waals surface area contributed by atoms with Crippen LogP contribution in [0.2, 0.25) is 0 Å². The number of carbonyl (C=O) groups is 1. The molecule has 2 atom stereocenters. The molecule has 2 heterocycles. The molecule has 2 aromatic rings. The summed E-state index contributed by atoms with van der Waals surface area (Å²) in [6.07, 6.45) is 0.183. The van der Waals surface area contributed by atoms with Gasteiger partial charge < -0.3 is 27.4 Å². The number of thiazole rings is 1. The van der Waals surface area contributed by atoms with Crippen molar-refractivity contribution in [1.82, 2.24) is 15.2 Å². The standard InChI is InChI=1S/C19H22F3N7OS/c1-26-17(29-7-9(20)5-10(24)8-29)13(6-23)27-18(30)15-16(25)31-19(28-15)14-11(21)3-2-4-12(14)22/h2-4,6,9-10H,5,7-8,23-25H2,1H3,(H,27,30)/b13-6+,26-17?/t9-,10-/m0/s1. The number of nitrogens with one attached hydrogen (secondary N) is 1. The molecule has 0 radical (unpaired) electrons. The van der Waals surface area contributed by atoms with Crippen molar-refractivity contribution in [2.24, 2.45) is 16.5 Å². The van der Waals surface area contributed by atoms with E-state index in [0.717, 1.165) is 29.7 Å². The van der Waals surface area contributed by atoms with Gasteiger partial charge in [0.2, 0.25) is 0 Å². The first-order valence-electron chi connectivity index (χ1n) is 9.30. The first-order valence-corrected chi connectivity index (χ1v) is 10.1. The van der Waals surface area contributed by atoms with Gasteiger partial charge in [-0.05, 0) is 18.6 Å². The molecule has 3 rings (SSSR count). The predicted molar refractivity (Wildman–Crippen MR) is 114 cm³/mol. The minimum atomic E-state index is -1.15. The van der Waals surface area contributed by atoms with E-state index < -0.39 is 29.8 Å². The van der Waals surface area contributed by atoms with Gasteiger partial charge in [0.25, 0.3) is 5.91 Å². The van der Waals surface area contributed by atoms with Gasteiger partial charge in [0.05, 0.1) is 17.8 Å². The van der Waals surface area contributed by atoms with Crippen molar-refractivity contribution < 1.29 is 18.0 Å². The summed E-state index contributed by atoms with van der Waals surface area (Å²) in [7, 11) is 1.47. The molecule has 0 saturated carbocycles. The van der Waals surface area contributed by atoms with Crippen LogP contribution in [-0.2, 0) is 0 Å². The van der Waals surface area contributed by atoms with Crippen molar-refractivity contribution in [3.63, 3.8) is 0 Å². The summed E-state index contributed by atoms with van der Waals surface area (Å²) in [6.45, 7) is 0.374. The highest BCUT2D eigenvalue weighted by atomic mass is 32.1. The quantitative estimate of drug-likeness (QED) is 0.410. The maximum absolute atomic E-state index is 14.1. The summed E-state index contributed by atoms with van der Waals surface area (Å²) in [5.41, 5.74) is 16.9. The fourth-order valence-corrected chi connectivity index (χ4v) is 4.21. The van der Waals surface area contributed by atoms with Crippen LogP contribution in [0.5, 0.6) is 0 Å². The van der Waals surface area contributed by atoms with Crippen LogP contribution < -0.4 is 22.5 Å². The summed E-state index contributed by atoms with van der Waals surface area (Å²) in [4.78, 5) is 22.5. The number of aliphatic imine (C=N–C) groups is 1. The highest BCUT2D eigenvalue weighted by Crippen LogP contribution is 2.33. The third kappa shape index (κ3) is 4.80. The molecule has 1 saturated heterocycles. The van der Waals surface area contributed by atoms with E-state index in [1.165, 1.54) is 13.1 Å². The van der Waals surface area contributed by atoms with Gasteiger partial charge in [-0.1, -0.05) is 17.4 Å². The molecule has 166 valence electrons. The molecule has 1 aliphatic rings. The van der Waals surface area contributed by atoms with Crippen molar-refractivity contribution in [3.8, 4) is 10.6 Å². The number of piperidine rings is 1. The van der Waals surface area contributed by atoms with E-state index in [4.69, 9.17) is 17.2 Å². The molecule has 31 heavy (non-hydrogen) atoms. The molecule has 1 aromatic heterocycles. The molecule has 1 amide bonds. The average molecular weight is 453 g/mol. The summed E-state index contributed by atoms with van der Waals surface area (Å²) in [5, 5.41) is 2.42. The van der Waals surface area contributed by atoms with Crippen molar-refractivity contribution in [2.75, 3.05) is 25.9 Å². The molecule has 8 nitrogen and oxygen atoms in total. The van der Waals surface area contributed by atoms with Crippen LogP contribution >= 0.6 is 11.3 Å². The zero-order valence-electron chi connectivity index (χ0n) is 16.6. The Morgan fingerprint density at radius 1 is 1.35 bits per heavy atom. The van der Waals surface area contributed by atoms with Gasteiger partial charge in [-0.25, -0.2) is 18.2 Å². The van der Waals surface area contributed by atoms with E-state index >= 15 is 0 Å².